The maximum absolute atomic E-state index is 12.9. The predicted molar refractivity (Wildman–Crippen MR) is 90.7 cm³/mol. The van der Waals surface area contributed by atoms with Crippen LogP contribution in [0.5, 0.6) is 11.5 Å². The Morgan fingerprint density at radius 1 is 1.32 bits per heavy atom. The highest BCUT2D eigenvalue weighted by atomic mass is 19.4. The van der Waals surface area contributed by atoms with Crippen LogP contribution in [0.3, 0.4) is 0 Å². The Kier molecular flexibility index (Phi) is 4.04. The fourth-order valence-corrected chi connectivity index (χ4v) is 3.68. The number of halogens is 3. The van der Waals surface area contributed by atoms with Crippen LogP contribution in [-0.2, 0) is 6.54 Å². The van der Waals surface area contributed by atoms with E-state index in [2.05, 4.69) is 9.72 Å². The predicted octanol–water partition coefficient (Wildman–Crippen LogP) is 3.21. The number of rotatable bonds is 2. The van der Waals surface area contributed by atoms with Gasteiger partial charge >= 0.3 is 6.36 Å². The quantitative estimate of drug-likeness (QED) is 0.847. The normalized spacial score (nSPS) is 23.1. The number of aliphatic hydroxyl groups excluding tert-OH is 1. The molecule has 2 aliphatic rings. The van der Waals surface area contributed by atoms with Gasteiger partial charge in [-0.15, -0.1) is 13.2 Å². The molecule has 2 unspecified atom stereocenters. The van der Waals surface area contributed by atoms with E-state index < -0.39 is 29.9 Å². The van der Waals surface area contributed by atoms with Gasteiger partial charge in [-0.3, -0.25) is 9.78 Å². The molecule has 0 bridgehead atoms. The van der Waals surface area contributed by atoms with Gasteiger partial charge in [-0.25, -0.2) is 0 Å². The molecule has 1 amide bonds. The summed E-state index contributed by atoms with van der Waals surface area (Å²) in [4.78, 5) is 18.3. The van der Waals surface area contributed by atoms with Crippen molar-refractivity contribution in [2.24, 2.45) is 0 Å². The van der Waals surface area contributed by atoms with Crippen molar-refractivity contribution in [3.05, 3.63) is 53.3 Å². The molecule has 1 aromatic heterocycles. The molecule has 0 spiro atoms. The Labute approximate surface area is 158 Å². The third-order valence-corrected chi connectivity index (χ3v) is 4.99. The number of amides is 1. The highest BCUT2D eigenvalue weighted by Crippen LogP contribution is 2.46. The highest BCUT2D eigenvalue weighted by Gasteiger charge is 2.48. The van der Waals surface area contributed by atoms with Crippen LogP contribution in [0, 0.1) is 0 Å². The van der Waals surface area contributed by atoms with E-state index in [-0.39, 0.29) is 23.8 Å². The van der Waals surface area contributed by atoms with Crippen LogP contribution in [0.2, 0.25) is 0 Å². The molecule has 0 aliphatic carbocycles. The number of carbonyl (C=O) groups is 1. The Bertz CT molecular complexity index is 945. The number of hydrogen-bond acceptors (Lipinski definition) is 5. The summed E-state index contributed by atoms with van der Waals surface area (Å²) in [5.41, 5.74) is 0.337. The summed E-state index contributed by atoms with van der Waals surface area (Å²) < 4.78 is 47.7. The van der Waals surface area contributed by atoms with E-state index in [1.54, 1.807) is 26.1 Å². The number of benzene rings is 1. The Balaban J connectivity index is 1.79. The van der Waals surface area contributed by atoms with Crippen molar-refractivity contribution < 1.29 is 32.5 Å². The molecule has 2 aromatic rings. The van der Waals surface area contributed by atoms with E-state index in [4.69, 9.17) is 4.74 Å². The van der Waals surface area contributed by atoms with Gasteiger partial charge in [0, 0.05) is 35.6 Å². The average Bonchev–Trinajstić information content (AvgIpc) is 2.92. The molecule has 1 aromatic carbocycles. The van der Waals surface area contributed by atoms with Gasteiger partial charge < -0.3 is 19.5 Å². The van der Waals surface area contributed by atoms with Gasteiger partial charge in [0.2, 0.25) is 0 Å². The number of aliphatic hydroxyl groups is 1. The zero-order valence-electron chi connectivity index (χ0n) is 15.0. The summed E-state index contributed by atoms with van der Waals surface area (Å²) >= 11 is 0. The van der Waals surface area contributed by atoms with Gasteiger partial charge in [0.05, 0.1) is 6.04 Å². The van der Waals surface area contributed by atoms with E-state index in [1.807, 2.05) is 0 Å². The molecule has 3 heterocycles. The van der Waals surface area contributed by atoms with E-state index >= 15 is 0 Å². The van der Waals surface area contributed by atoms with Crippen molar-refractivity contribution in [1.82, 2.24) is 9.88 Å². The monoisotopic (exact) mass is 394 g/mol. The minimum atomic E-state index is -4.86. The van der Waals surface area contributed by atoms with Crippen LogP contribution in [0.1, 0.15) is 41.4 Å². The maximum Gasteiger partial charge on any atom is 0.573 e. The number of nitrogens with zero attached hydrogens (tertiary/aromatic N) is 2. The SMILES string of the molecule is CC1(C)Oc2ccc(OC(F)(F)F)cc2C(N2Cc3cnccc3C2=O)C1O. The lowest BCUT2D eigenvalue weighted by atomic mass is 9.85. The molecule has 0 saturated carbocycles. The van der Waals surface area contributed by atoms with Crippen molar-refractivity contribution >= 4 is 5.91 Å². The van der Waals surface area contributed by atoms with Crippen molar-refractivity contribution in [1.29, 1.82) is 0 Å². The van der Waals surface area contributed by atoms with Crippen LogP contribution in [-0.4, -0.2) is 39.0 Å². The fraction of sp³-hybridized carbons (Fsp3) is 0.368. The van der Waals surface area contributed by atoms with E-state index in [9.17, 15) is 23.1 Å². The molecule has 1 N–H and O–H groups in total. The molecule has 6 nitrogen and oxygen atoms in total. The first-order valence-electron chi connectivity index (χ1n) is 8.57. The molecule has 0 radical (unpaired) electrons. The number of alkyl halides is 3. The standard InChI is InChI=1S/C19H17F3N2O4/c1-18(2)16(25)15(24-9-10-8-23-6-5-12(10)17(24)26)13-7-11(27-19(20,21)22)3-4-14(13)28-18/h3-8,15-16,25H,9H2,1-2H3. The first kappa shape index (κ1) is 18.5. The summed E-state index contributed by atoms with van der Waals surface area (Å²) in [6.45, 7) is 3.50. The van der Waals surface area contributed by atoms with Crippen LogP contribution in [0.4, 0.5) is 13.2 Å². The van der Waals surface area contributed by atoms with Gasteiger partial charge in [-0.1, -0.05) is 0 Å². The van der Waals surface area contributed by atoms with Gasteiger partial charge in [-0.05, 0) is 38.1 Å². The van der Waals surface area contributed by atoms with Crippen LogP contribution in [0.15, 0.2) is 36.7 Å². The lowest BCUT2D eigenvalue weighted by molar-refractivity contribution is -0.274. The molecule has 9 heteroatoms. The molecule has 0 fully saturated rings. The Morgan fingerprint density at radius 3 is 2.75 bits per heavy atom. The largest absolute Gasteiger partial charge is 0.573 e. The summed E-state index contributed by atoms with van der Waals surface area (Å²) in [5, 5.41) is 10.9. The van der Waals surface area contributed by atoms with Crippen LogP contribution >= 0.6 is 0 Å². The lowest BCUT2D eigenvalue weighted by Crippen LogP contribution is -2.53. The van der Waals surface area contributed by atoms with E-state index in [1.165, 1.54) is 17.2 Å². The first-order valence-corrected chi connectivity index (χ1v) is 8.57. The number of ether oxygens (including phenoxy) is 2. The Hall–Kier alpha value is -2.81. The summed E-state index contributed by atoms with van der Waals surface area (Å²) in [5.74, 6) is -0.485. The zero-order chi connectivity index (χ0) is 20.3. The van der Waals surface area contributed by atoms with Crippen LogP contribution in [0.25, 0.3) is 0 Å². The molecular weight excluding hydrogens is 377 g/mol. The molecule has 0 saturated heterocycles. The van der Waals surface area contributed by atoms with Gasteiger partial charge in [0.15, 0.2) is 0 Å². The maximum atomic E-state index is 12.9. The summed E-state index contributed by atoms with van der Waals surface area (Å²) in [7, 11) is 0. The van der Waals surface area contributed by atoms with Crippen molar-refractivity contribution in [2.75, 3.05) is 0 Å². The average molecular weight is 394 g/mol. The highest BCUT2D eigenvalue weighted by molar-refractivity contribution is 5.98. The summed E-state index contributed by atoms with van der Waals surface area (Å²) in [6.07, 6.45) is -2.97. The van der Waals surface area contributed by atoms with Crippen molar-refractivity contribution in [3.8, 4) is 11.5 Å². The topological polar surface area (TPSA) is 71.9 Å². The molecular formula is C19H17F3N2O4. The minimum Gasteiger partial charge on any atom is -0.485 e. The minimum absolute atomic E-state index is 0.184. The summed E-state index contributed by atoms with van der Waals surface area (Å²) in [6, 6.07) is 4.32. The molecule has 4 rings (SSSR count). The number of carbonyl (C=O) groups excluding carboxylic acids is 1. The molecule has 28 heavy (non-hydrogen) atoms. The molecule has 148 valence electrons. The second-order valence-electron chi connectivity index (χ2n) is 7.31. The van der Waals surface area contributed by atoms with Crippen molar-refractivity contribution in [2.45, 2.75) is 44.5 Å². The number of fused-ring (bicyclic) bond motifs is 2. The molecule has 2 atom stereocenters. The third kappa shape index (κ3) is 3.05. The number of hydrogen-bond donors (Lipinski definition) is 1. The second kappa shape index (κ2) is 6.10. The fourth-order valence-electron chi connectivity index (χ4n) is 3.68. The number of pyridine rings is 1. The van der Waals surface area contributed by atoms with E-state index in [0.29, 0.717) is 11.1 Å². The second-order valence-corrected chi connectivity index (χ2v) is 7.31. The van der Waals surface area contributed by atoms with Gasteiger partial charge in [-0.2, -0.15) is 0 Å². The lowest BCUT2D eigenvalue weighted by Gasteiger charge is -2.45. The van der Waals surface area contributed by atoms with E-state index in [0.717, 1.165) is 12.1 Å². The number of aromatic nitrogens is 1. The zero-order valence-corrected chi connectivity index (χ0v) is 15.0. The van der Waals surface area contributed by atoms with Crippen molar-refractivity contribution in [3.63, 3.8) is 0 Å². The molecule has 2 aliphatic heterocycles. The third-order valence-electron chi connectivity index (χ3n) is 4.99. The Morgan fingerprint density at radius 2 is 2.07 bits per heavy atom. The first-order chi connectivity index (χ1) is 13.1. The smallest absolute Gasteiger partial charge is 0.485 e. The van der Waals surface area contributed by atoms with Crippen LogP contribution < -0.4 is 9.47 Å². The van der Waals surface area contributed by atoms with Gasteiger partial charge in [0.25, 0.3) is 5.91 Å². The van der Waals surface area contributed by atoms with Gasteiger partial charge in [0.1, 0.15) is 23.2 Å².